The van der Waals surface area contributed by atoms with Gasteiger partial charge < -0.3 is 10.1 Å². The van der Waals surface area contributed by atoms with Crippen LogP contribution < -0.4 is 5.32 Å². The Labute approximate surface area is 151 Å². The van der Waals surface area contributed by atoms with Crippen molar-refractivity contribution >= 4 is 0 Å². The Morgan fingerprint density at radius 2 is 1.69 bits per heavy atom. The second-order valence-electron chi connectivity index (χ2n) is 6.27. The molecule has 1 aliphatic heterocycles. The Morgan fingerprint density at radius 3 is 2.31 bits per heavy atom. The maximum absolute atomic E-state index is 12.8. The van der Waals surface area contributed by atoms with E-state index in [0.29, 0.717) is 26.3 Å². The summed E-state index contributed by atoms with van der Waals surface area (Å²) in [5.41, 5.74) is 1.38. The van der Waals surface area contributed by atoms with E-state index in [0.717, 1.165) is 36.3 Å². The Balaban J connectivity index is 1.70. The number of pyridine rings is 1. The minimum absolute atomic E-state index is 0.00280. The molecule has 26 heavy (non-hydrogen) atoms. The molecule has 0 spiro atoms. The Kier molecular flexibility index (Phi) is 6.24. The van der Waals surface area contributed by atoms with Gasteiger partial charge in [0, 0.05) is 44.6 Å². The smallest absolute Gasteiger partial charge is 0.379 e. The first kappa shape index (κ1) is 18.8. The van der Waals surface area contributed by atoms with E-state index < -0.39 is 11.7 Å². The molecule has 1 unspecified atom stereocenters. The van der Waals surface area contributed by atoms with E-state index in [1.165, 1.54) is 0 Å². The normalized spacial score (nSPS) is 17.2. The van der Waals surface area contributed by atoms with Gasteiger partial charge in [0.1, 0.15) is 0 Å². The second kappa shape index (κ2) is 8.62. The molecule has 1 aromatic carbocycles. The number of benzene rings is 1. The third-order valence-corrected chi connectivity index (χ3v) is 4.53. The first-order valence-electron chi connectivity index (χ1n) is 8.62. The molecule has 2 aromatic rings. The molecule has 0 aliphatic carbocycles. The van der Waals surface area contributed by atoms with Crippen molar-refractivity contribution in [3.63, 3.8) is 0 Å². The molecule has 3 rings (SSSR count). The molecule has 4 nitrogen and oxygen atoms in total. The predicted octanol–water partition coefficient (Wildman–Crippen LogP) is 3.26. The van der Waals surface area contributed by atoms with Crippen molar-refractivity contribution in [1.29, 1.82) is 0 Å². The molecular formula is C19H22F3N3O. The molecule has 1 fully saturated rings. The average Bonchev–Trinajstić information content (AvgIpc) is 2.66. The van der Waals surface area contributed by atoms with E-state index in [1.807, 2.05) is 12.1 Å². The zero-order valence-electron chi connectivity index (χ0n) is 14.4. The van der Waals surface area contributed by atoms with E-state index >= 15 is 0 Å². The van der Waals surface area contributed by atoms with Crippen LogP contribution in [-0.2, 0) is 17.5 Å². The fourth-order valence-corrected chi connectivity index (χ4v) is 3.10. The Hall–Kier alpha value is -1.96. The van der Waals surface area contributed by atoms with Gasteiger partial charge in [-0.2, -0.15) is 13.2 Å². The molecule has 140 valence electrons. The molecular weight excluding hydrogens is 343 g/mol. The average molecular weight is 365 g/mol. The van der Waals surface area contributed by atoms with Gasteiger partial charge in [-0.3, -0.25) is 9.88 Å². The van der Waals surface area contributed by atoms with E-state index in [2.05, 4.69) is 15.2 Å². The Bertz CT molecular complexity index is 671. The van der Waals surface area contributed by atoms with E-state index in [9.17, 15) is 13.2 Å². The highest BCUT2D eigenvalue weighted by Crippen LogP contribution is 2.31. The largest absolute Gasteiger partial charge is 0.416 e. The van der Waals surface area contributed by atoms with E-state index in [-0.39, 0.29) is 6.04 Å². The lowest BCUT2D eigenvalue weighted by atomic mass is 10.0. The van der Waals surface area contributed by atoms with Crippen molar-refractivity contribution < 1.29 is 17.9 Å². The fraction of sp³-hybridized carbons (Fsp3) is 0.421. The lowest BCUT2D eigenvalue weighted by Crippen LogP contribution is -2.42. The molecule has 0 amide bonds. The van der Waals surface area contributed by atoms with Gasteiger partial charge in [-0.05, 0) is 35.4 Å². The van der Waals surface area contributed by atoms with Gasteiger partial charge in [-0.1, -0.05) is 12.1 Å². The lowest BCUT2D eigenvalue weighted by molar-refractivity contribution is -0.137. The summed E-state index contributed by atoms with van der Waals surface area (Å²) in [4.78, 5) is 6.25. The van der Waals surface area contributed by atoms with Crippen LogP contribution >= 0.6 is 0 Å². The van der Waals surface area contributed by atoms with Crippen molar-refractivity contribution in [3.05, 3.63) is 65.5 Å². The third-order valence-electron chi connectivity index (χ3n) is 4.53. The zero-order chi connectivity index (χ0) is 18.4. The molecule has 7 heteroatoms. The third kappa shape index (κ3) is 5.03. The van der Waals surface area contributed by atoms with Crippen LogP contribution in [0.3, 0.4) is 0 Å². The van der Waals surface area contributed by atoms with Gasteiger partial charge in [-0.15, -0.1) is 0 Å². The number of rotatable bonds is 6. The standard InChI is InChI=1S/C19H22F3N3O/c20-19(21,22)17-3-1-16(2-4-17)18(25-9-11-26-12-10-25)14-24-13-15-5-7-23-8-6-15/h1-8,18,24H,9-14H2. The summed E-state index contributed by atoms with van der Waals surface area (Å²) in [5, 5.41) is 3.41. The molecule has 1 saturated heterocycles. The molecule has 1 atom stereocenters. The van der Waals surface area contributed by atoms with Crippen molar-refractivity contribution in [1.82, 2.24) is 15.2 Å². The van der Waals surface area contributed by atoms with Crippen LogP contribution in [0.5, 0.6) is 0 Å². The van der Waals surface area contributed by atoms with Gasteiger partial charge in [0.05, 0.1) is 18.8 Å². The molecule has 0 bridgehead atoms. The number of halogens is 3. The first-order valence-corrected chi connectivity index (χ1v) is 8.62. The summed E-state index contributed by atoms with van der Waals surface area (Å²) in [7, 11) is 0. The lowest BCUT2D eigenvalue weighted by Gasteiger charge is -2.35. The summed E-state index contributed by atoms with van der Waals surface area (Å²) < 4.78 is 43.9. The topological polar surface area (TPSA) is 37.4 Å². The summed E-state index contributed by atoms with van der Waals surface area (Å²) in [6.45, 7) is 4.14. The minimum Gasteiger partial charge on any atom is -0.379 e. The van der Waals surface area contributed by atoms with Crippen molar-refractivity contribution in [2.45, 2.75) is 18.8 Å². The number of morpholine rings is 1. The summed E-state index contributed by atoms with van der Waals surface area (Å²) in [6, 6.07) is 9.36. The molecule has 1 aliphatic rings. The number of nitrogens with one attached hydrogen (secondary N) is 1. The Morgan fingerprint density at radius 1 is 1.04 bits per heavy atom. The van der Waals surface area contributed by atoms with Crippen LogP contribution in [0, 0.1) is 0 Å². The quantitative estimate of drug-likeness (QED) is 0.853. The summed E-state index contributed by atoms with van der Waals surface area (Å²) >= 11 is 0. The highest BCUT2D eigenvalue weighted by molar-refractivity contribution is 5.27. The zero-order valence-corrected chi connectivity index (χ0v) is 14.4. The first-order chi connectivity index (χ1) is 12.5. The molecule has 0 radical (unpaired) electrons. The van der Waals surface area contributed by atoms with Crippen LogP contribution in [0.1, 0.15) is 22.7 Å². The maximum atomic E-state index is 12.8. The molecule has 1 aromatic heterocycles. The minimum atomic E-state index is -4.31. The van der Waals surface area contributed by atoms with Gasteiger partial charge in [0.15, 0.2) is 0 Å². The van der Waals surface area contributed by atoms with Crippen LogP contribution in [-0.4, -0.2) is 42.7 Å². The number of hydrogen-bond donors (Lipinski definition) is 1. The van der Waals surface area contributed by atoms with Crippen LogP contribution in [0.25, 0.3) is 0 Å². The summed E-state index contributed by atoms with van der Waals surface area (Å²) in [5.74, 6) is 0. The van der Waals surface area contributed by atoms with Gasteiger partial charge >= 0.3 is 6.18 Å². The van der Waals surface area contributed by atoms with Crippen LogP contribution in [0.15, 0.2) is 48.8 Å². The number of hydrogen-bond acceptors (Lipinski definition) is 4. The number of nitrogens with zero attached hydrogens (tertiary/aromatic N) is 2. The predicted molar refractivity (Wildman–Crippen MR) is 92.5 cm³/mol. The molecule has 1 N–H and O–H groups in total. The van der Waals surface area contributed by atoms with Crippen LogP contribution in [0.4, 0.5) is 13.2 Å². The highest BCUT2D eigenvalue weighted by Gasteiger charge is 2.31. The van der Waals surface area contributed by atoms with E-state index in [4.69, 9.17) is 4.74 Å². The maximum Gasteiger partial charge on any atom is 0.416 e. The van der Waals surface area contributed by atoms with Crippen molar-refractivity contribution in [2.75, 3.05) is 32.8 Å². The number of ether oxygens (including phenoxy) is 1. The summed E-state index contributed by atoms with van der Waals surface area (Å²) in [6.07, 6.45) is -0.828. The number of aromatic nitrogens is 1. The SMILES string of the molecule is FC(F)(F)c1ccc(C(CNCc2ccncc2)N2CCOCC2)cc1. The van der Waals surface area contributed by atoms with Crippen molar-refractivity contribution in [3.8, 4) is 0 Å². The van der Waals surface area contributed by atoms with E-state index in [1.54, 1.807) is 24.5 Å². The molecule has 0 saturated carbocycles. The van der Waals surface area contributed by atoms with Gasteiger partial charge in [-0.25, -0.2) is 0 Å². The number of alkyl halides is 3. The second-order valence-corrected chi connectivity index (χ2v) is 6.27. The fourth-order valence-electron chi connectivity index (χ4n) is 3.10. The monoisotopic (exact) mass is 365 g/mol. The van der Waals surface area contributed by atoms with Gasteiger partial charge in [0.2, 0.25) is 0 Å². The van der Waals surface area contributed by atoms with Crippen LogP contribution in [0.2, 0.25) is 0 Å². The highest BCUT2D eigenvalue weighted by atomic mass is 19.4. The molecule has 2 heterocycles. The van der Waals surface area contributed by atoms with Crippen molar-refractivity contribution in [2.24, 2.45) is 0 Å². The van der Waals surface area contributed by atoms with Gasteiger partial charge in [0.25, 0.3) is 0 Å².